The molecule has 67 heavy (non-hydrogen) atoms. The van der Waals surface area contributed by atoms with Gasteiger partial charge in [-0.25, -0.2) is 0 Å². The fourth-order valence-electron chi connectivity index (χ4n) is 12.3. The first-order valence-corrected chi connectivity index (χ1v) is 27.2. The lowest BCUT2D eigenvalue weighted by Crippen LogP contribution is -2.74. The van der Waals surface area contributed by atoms with Gasteiger partial charge >= 0.3 is 0 Å². The van der Waals surface area contributed by atoms with Crippen molar-refractivity contribution >= 4 is 40.6 Å². The van der Waals surface area contributed by atoms with E-state index in [1.807, 2.05) is 37.3 Å². The smallest absolute Gasteiger partial charge is 0.179 e. The highest BCUT2D eigenvalue weighted by Crippen LogP contribution is 2.55. The second-order valence-electron chi connectivity index (χ2n) is 19.9. The topological polar surface area (TPSA) is 9.23 Å². The van der Waals surface area contributed by atoms with Crippen LogP contribution in [0.4, 0.5) is 0 Å². The molecule has 2 heterocycles. The van der Waals surface area contributed by atoms with Crippen molar-refractivity contribution in [3.63, 3.8) is 0 Å². The largest absolute Gasteiger partial charge is 0.456 e. The molecule has 3 heteroatoms. The Hall–Kier alpha value is -5.87. The summed E-state index contributed by atoms with van der Waals surface area (Å²) in [5, 5.41) is 4.83. The van der Waals surface area contributed by atoms with Crippen LogP contribution in [-0.2, 0) is 10.8 Å². The molecule has 2 aliphatic heterocycles. The molecular weight excluding hydrogens is 845 g/mol. The summed E-state index contributed by atoms with van der Waals surface area (Å²) in [6.07, 6.45) is 7.15. The maximum absolute atomic E-state index is 10.2. The predicted molar refractivity (Wildman–Crippen MR) is 285 cm³/mol. The highest BCUT2D eigenvalue weighted by atomic mass is 32.2. The Morgan fingerprint density at radius 3 is 1.60 bits per heavy atom. The van der Waals surface area contributed by atoms with Crippen LogP contribution in [0.2, 0.25) is 0 Å². The van der Waals surface area contributed by atoms with E-state index in [9.17, 15) is 2.74 Å². The van der Waals surface area contributed by atoms with Crippen LogP contribution in [0.15, 0.2) is 192 Å². The van der Waals surface area contributed by atoms with E-state index in [2.05, 4.69) is 166 Å². The first kappa shape index (κ1) is 37.1. The molecular formula is C64H60OSSi. The van der Waals surface area contributed by atoms with Crippen molar-refractivity contribution in [2.75, 3.05) is 0 Å². The zero-order valence-electron chi connectivity index (χ0n) is 43.8. The zero-order valence-corrected chi connectivity index (χ0v) is 40.6. The molecule has 0 aromatic heterocycles. The summed E-state index contributed by atoms with van der Waals surface area (Å²) in [5.74, 6) is 0.161. The number of para-hydroxylation sites is 2. The summed E-state index contributed by atoms with van der Waals surface area (Å²) in [5.41, 5.74) is 8.43. The van der Waals surface area contributed by atoms with E-state index in [1.54, 1.807) is 11.8 Å². The van der Waals surface area contributed by atoms with Crippen molar-refractivity contribution in [1.82, 2.24) is 0 Å². The van der Waals surface area contributed by atoms with Gasteiger partial charge in [-0.2, -0.15) is 0 Å². The van der Waals surface area contributed by atoms with Gasteiger partial charge in [-0.05, 0) is 109 Å². The number of fused-ring (bicyclic) bond motifs is 4. The van der Waals surface area contributed by atoms with Gasteiger partial charge in [-0.15, -0.1) is 0 Å². The zero-order chi connectivity index (χ0) is 49.7. The minimum absolute atomic E-state index is 0.318. The Balaban J connectivity index is 1.16. The van der Waals surface area contributed by atoms with Crippen molar-refractivity contribution in [1.29, 1.82) is 0 Å². The summed E-state index contributed by atoms with van der Waals surface area (Å²) in [6, 6.07) is 65.4. The number of ether oxygens (including phenoxy) is 1. The van der Waals surface area contributed by atoms with Gasteiger partial charge in [-0.3, -0.25) is 0 Å². The fraction of sp³-hybridized carbons (Fsp3) is 0.250. The van der Waals surface area contributed by atoms with Crippen LogP contribution in [0, 0.1) is 0 Å². The third-order valence-electron chi connectivity index (χ3n) is 15.7. The Bertz CT molecular complexity index is 3350. The van der Waals surface area contributed by atoms with Crippen molar-refractivity contribution in [3.05, 3.63) is 215 Å². The van der Waals surface area contributed by atoms with E-state index >= 15 is 0 Å². The van der Waals surface area contributed by atoms with E-state index in [4.69, 9.17) is 8.85 Å². The van der Waals surface area contributed by atoms with E-state index in [1.165, 1.54) is 20.7 Å². The predicted octanol–water partition coefficient (Wildman–Crippen LogP) is 14.9. The Morgan fingerprint density at radius 2 is 0.985 bits per heavy atom. The molecule has 1 atom stereocenters. The second kappa shape index (κ2) is 16.7. The monoisotopic (exact) mass is 909 g/mol. The van der Waals surface area contributed by atoms with Gasteiger partial charge < -0.3 is 4.74 Å². The lowest BCUT2D eigenvalue weighted by atomic mass is 9.74. The quantitative estimate of drug-likeness (QED) is 0.111. The van der Waals surface area contributed by atoms with Crippen LogP contribution in [0.5, 0.6) is 11.5 Å². The molecule has 0 radical (unpaired) electrons. The molecule has 0 bridgehead atoms. The highest BCUT2D eigenvalue weighted by Gasteiger charge is 2.44. The minimum Gasteiger partial charge on any atom is -0.456 e. The average Bonchev–Trinajstić information content (AvgIpc) is 4.06. The summed E-state index contributed by atoms with van der Waals surface area (Å²) in [6.45, 7) is 4.15. The highest BCUT2D eigenvalue weighted by molar-refractivity contribution is 7.99. The van der Waals surface area contributed by atoms with Gasteiger partial charge in [0, 0.05) is 44.2 Å². The molecule has 1 unspecified atom stereocenters. The van der Waals surface area contributed by atoms with Crippen LogP contribution in [-0.4, -0.2) is 8.07 Å². The van der Waals surface area contributed by atoms with E-state index in [-0.39, 0.29) is 5.41 Å². The van der Waals surface area contributed by atoms with Gasteiger partial charge in [0.15, 0.2) is 8.07 Å². The van der Waals surface area contributed by atoms with Crippen molar-refractivity contribution in [2.24, 2.45) is 0 Å². The lowest BCUT2D eigenvalue weighted by Gasteiger charge is -2.38. The molecule has 2 fully saturated rings. The van der Waals surface area contributed by atoms with Crippen LogP contribution >= 0.6 is 11.8 Å². The van der Waals surface area contributed by atoms with Crippen LogP contribution in [0.1, 0.15) is 131 Å². The van der Waals surface area contributed by atoms with Gasteiger partial charge in [0.05, 0.1) is 0 Å². The summed E-state index contributed by atoms with van der Waals surface area (Å²) in [4.78, 5) is 1.90. The molecule has 2 aliphatic carbocycles. The van der Waals surface area contributed by atoms with Crippen molar-refractivity contribution in [3.8, 4) is 33.8 Å². The van der Waals surface area contributed by atoms with Crippen LogP contribution in [0.25, 0.3) is 22.3 Å². The number of benzene rings is 8. The molecule has 12 rings (SSSR count). The van der Waals surface area contributed by atoms with Gasteiger partial charge in [0.2, 0.25) is 0 Å². The molecule has 0 saturated heterocycles. The van der Waals surface area contributed by atoms with Crippen molar-refractivity contribution in [2.45, 2.75) is 111 Å². The fourth-order valence-corrected chi connectivity index (χ4v) is 18.5. The van der Waals surface area contributed by atoms with Gasteiger partial charge in [0.1, 0.15) is 11.5 Å². The Kier molecular flexibility index (Phi) is 9.27. The number of rotatable bonds is 8. The lowest BCUT2D eigenvalue weighted by molar-refractivity contribution is 0.419. The standard InChI is InChI=1S/C64H60OSSi/c1-63(2)55-31-15-17-35-59(55)65-61-51(29-19-33-57(61)63)53-41-47(37-39-49(53)43-21-11-12-22-43)67(45-25-7-5-8-26-45,46-27-9-6-10-28-46)48-38-40-50(44-23-13-14-24-44)54(42-48)52-30-20-34-58-62(52)66-60-36-18-16-32-56(60)64(58,3)4/h5-10,15-20,25-44H,11-14,21-24H2,1-4H3/i3D3,43D,44D. The summed E-state index contributed by atoms with van der Waals surface area (Å²) >= 11 is 1.67. The molecule has 4 aliphatic rings. The maximum Gasteiger partial charge on any atom is 0.179 e. The third kappa shape index (κ3) is 6.86. The second-order valence-corrected chi connectivity index (χ2v) is 24.8. The normalized spacial score (nSPS) is 20.9. The maximum atomic E-state index is 10.2. The molecule has 2 saturated carbocycles. The van der Waals surface area contributed by atoms with Gasteiger partial charge in [-0.1, -0.05) is 235 Å². The molecule has 1 nitrogen and oxygen atoms in total. The van der Waals surface area contributed by atoms with Crippen LogP contribution in [0.3, 0.4) is 0 Å². The molecule has 0 amide bonds. The Labute approximate surface area is 410 Å². The van der Waals surface area contributed by atoms with Crippen LogP contribution < -0.4 is 25.5 Å². The Morgan fingerprint density at radius 1 is 0.478 bits per heavy atom. The van der Waals surface area contributed by atoms with E-state index in [0.29, 0.717) is 0 Å². The third-order valence-corrected chi connectivity index (χ3v) is 21.7. The number of hydrogen-bond donors (Lipinski definition) is 0. The SMILES string of the molecule is [2H]C1(c2ccc([Si](c3ccccc3)(c3ccccc3)c3ccc(C4([2H])CCCC4)c(-c4cccc5c4Sc4ccccc4C5(C)C([2H])([2H])[2H])c3)cc2-c2cccc3c2Oc2ccccc2C3(C)C)CCCC1. The summed E-state index contributed by atoms with van der Waals surface area (Å²) < 4.78 is 54.9. The first-order valence-electron chi connectivity index (χ1n) is 26.9. The molecule has 8 aromatic rings. The first-order chi connectivity index (χ1) is 34.7. The molecule has 8 aromatic carbocycles. The summed E-state index contributed by atoms with van der Waals surface area (Å²) in [7, 11) is -3.34. The van der Waals surface area contributed by atoms with E-state index < -0.39 is 32.1 Å². The molecule has 332 valence electrons. The molecule has 0 N–H and O–H groups in total. The molecule has 0 spiro atoms. The number of hydrogen-bond acceptors (Lipinski definition) is 2. The van der Waals surface area contributed by atoms with Gasteiger partial charge in [0.25, 0.3) is 0 Å². The van der Waals surface area contributed by atoms with E-state index in [0.717, 1.165) is 128 Å². The van der Waals surface area contributed by atoms with Crippen molar-refractivity contribution < 1.29 is 11.6 Å². The minimum atomic E-state index is -3.34. The average molecular weight is 910 g/mol.